The Hall–Kier alpha value is -1.41. The van der Waals surface area contributed by atoms with Gasteiger partial charge in [-0.05, 0) is 50.0 Å². The second kappa shape index (κ2) is 11.9. The molecular weight excluding hydrogens is 652 g/mol. The Kier molecular flexibility index (Phi) is 9.25. The topological polar surface area (TPSA) is 158 Å². The number of aliphatic hydroxyl groups excluding tert-OH is 1. The van der Waals surface area contributed by atoms with Gasteiger partial charge in [-0.1, -0.05) is 63.0 Å². The summed E-state index contributed by atoms with van der Waals surface area (Å²) in [6.07, 6.45) is -3.99. The number of esters is 2. The Morgan fingerprint density at radius 2 is 1.87 bits per heavy atom. The minimum atomic E-state index is -2.11. The Labute approximate surface area is 273 Å². The molecule has 45 heavy (non-hydrogen) atoms. The van der Waals surface area contributed by atoms with Crippen LogP contribution in [0.5, 0.6) is 0 Å². The Bertz CT molecular complexity index is 1230. The van der Waals surface area contributed by atoms with E-state index < -0.39 is 82.6 Å². The molecule has 2 heterocycles. The molecule has 12 heteroatoms. The van der Waals surface area contributed by atoms with Crippen molar-refractivity contribution in [1.82, 2.24) is 0 Å². The van der Waals surface area contributed by atoms with Crippen LogP contribution in [0.3, 0.4) is 0 Å². The second-order valence-electron chi connectivity index (χ2n) is 14.7. The van der Waals surface area contributed by atoms with Crippen molar-refractivity contribution in [1.29, 1.82) is 0 Å². The highest BCUT2D eigenvalue weighted by atomic mass is 79.9. The molecule has 5 rings (SSSR count). The average Bonchev–Trinajstić information content (AvgIpc) is 3.25. The quantitative estimate of drug-likeness (QED) is 0.175. The number of carbonyl (C=O) groups is 3. The van der Waals surface area contributed by atoms with Crippen molar-refractivity contribution in [2.24, 2.45) is 46.3 Å². The van der Waals surface area contributed by atoms with Crippen molar-refractivity contribution in [3.63, 3.8) is 0 Å². The highest BCUT2D eigenvalue weighted by Gasteiger charge is 2.83. The molecule has 5 aliphatic rings. The highest BCUT2D eigenvalue weighted by molar-refractivity contribution is 9.09. The third-order valence-electron chi connectivity index (χ3n) is 12.0. The van der Waals surface area contributed by atoms with E-state index in [9.17, 15) is 29.7 Å². The van der Waals surface area contributed by atoms with Crippen molar-refractivity contribution in [3.05, 3.63) is 11.6 Å². The van der Waals surface area contributed by atoms with E-state index in [1.807, 2.05) is 48.5 Å². The van der Waals surface area contributed by atoms with Crippen LogP contribution in [0.15, 0.2) is 11.6 Å². The molecule has 254 valence electrons. The maximum absolute atomic E-state index is 13.8. The SMILES string of the molecule is CCOC(CBr)O[C@@H]1C(=O)C=C(C)[C@@H]2C[C@H]3OC(=O)C(OC(=O)CC(O)(C(C)C)C(C)C)C4[C@@H](C)[C@@H](O)[C@@]5(O)OC[C@@]43C5[C@@]12C. The molecule has 2 bridgehead atoms. The van der Waals surface area contributed by atoms with E-state index in [2.05, 4.69) is 15.9 Å². The number of alkyl halides is 1. The number of aliphatic hydroxyl groups is 3. The third kappa shape index (κ3) is 4.91. The minimum absolute atomic E-state index is 0.0898. The van der Waals surface area contributed by atoms with Gasteiger partial charge in [0.15, 0.2) is 17.9 Å². The fourth-order valence-electron chi connectivity index (χ4n) is 9.88. The van der Waals surface area contributed by atoms with E-state index in [0.29, 0.717) is 18.4 Å². The monoisotopic (exact) mass is 700 g/mol. The normalized spacial score (nSPS) is 43.0. The molecule has 3 aliphatic carbocycles. The van der Waals surface area contributed by atoms with Gasteiger partial charge < -0.3 is 39.0 Å². The van der Waals surface area contributed by atoms with Gasteiger partial charge in [0.1, 0.15) is 18.3 Å². The molecule has 4 fully saturated rings. The summed E-state index contributed by atoms with van der Waals surface area (Å²) in [5.41, 5.74) is -2.88. The molecule has 3 N–H and O–H groups in total. The van der Waals surface area contributed by atoms with Crippen molar-refractivity contribution < 1.29 is 53.4 Å². The van der Waals surface area contributed by atoms with E-state index >= 15 is 0 Å². The zero-order valence-corrected chi connectivity index (χ0v) is 29.0. The lowest BCUT2D eigenvalue weighted by molar-refractivity contribution is -0.345. The molecule has 0 aromatic heterocycles. The predicted molar refractivity (Wildman–Crippen MR) is 164 cm³/mol. The van der Waals surface area contributed by atoms with Gasteiger partial charge in [-0.3, -0.25) is 9.59 Å². The first-order chi connectivity index (χ1) is 20.9. The lowest BCUT2D eigenvalue weighted by Gasteiger charge is -2.68. The predicted octanol–water partition coefficient (Wildman–Crippen LogP) is 2.90. The van der Waals surface area contributed by atoms with Gasteiger partial charge in [-0.2, -0.15) is 0 Å². The Balaban J connectivity index is 1.61. The summed E-state index contributed by atoms with van der Waals surface area (Å²) in [5, 5.41) is 35.7. The molecule has 0 radical (unpaired) electrons. The molecular formula is C33H49BrO11. The summed E-state index contributed by atoms with van der Waals surface area (Å²) in [5.74, 6) is -7.35. The first-order valence-corrected chi connectivity index (χ1v) is 17.3. The number of halogens is 1. The molecule has 2 saturated heterocycles. The summed E-state index contributed by atoms with van der Waals surface area (Å²) in [4.78, 5) is 41.0. The van der Waals surface area contributed by atoms with Crippen molar-refractivity contribution in [2.45, 2.75) is 110 Å². The number of allylic oxidation sites excluding steroid dienone is 1. The number of hydrogen-bond donors (Lipinski definition) is 3. The summed E-state index contributed by atoms with van der Waals surface area (Å²) < 4.78 is 30.4. The van der Waals surface area contributed by atoms with Gasteiger partial charge in [0.05, 0.1) is 24.0 Å². The number of carbonyl (C=O) groups excluding carboxylic acids is 3. The summed E-state index contributed by atoms with van der Waals surface area (Å²) in [6, 6.07) is 0. The van der Waals surface area contributed by atoms with Crippen LogP contribution in [0.25, 0.3) is 0 Å². The molecule has 12 atom stereocenters. The summed E-state index contributed by atoms with van der Waals surface area (Å²) in [6.45, 7) is 14.8. The van der Waals surface area contributed by atoms with Gasteiger partial charge in [-0.25, -0.2) is 4.79 Å². The first kappa shape index (κ1) is 34.9. The summed E-state index contributed by atoms with van der Waals surface area (Å²) >= 11 is 3.41. The molecule has 0 amide bonds. The lowest BCUT2D eigenvalue weighted by atomic mass is 9.38. The first-order valence-electron chi connectivity index (χ1n) is 16.2. The third-order valence-corrected chi connectivity index (χ3v) is 12.6. The fraction of sp³-hybridized carbons (Fsp3) is 0.848. The van der Waals surface area contributed by atoms with Gasteiger partial charge in [0.25, 0.3) is 0 Å². The van der Waals surface area contributed by atoms with E-state index in [4.69, 9.17) is 23.7 Å². The molecule has 0 aromatic rings. The number of ether oxygens (including phenoxy) is 5. The van der Waals surface area contributed by atoms with Gasteiger partial charge in [0, 0.05) is 29.3 Å². The fourth-order valence-corrected chi connectivity index (χ4v) is 10.2. The Morgan fingerprint density at radius 3 is 2.44 bits per heavy atom. The minimum Gasteiger partial charge on any atom is -0.459 e. The number of rotatable bonds is 10. The zero-order valence-electron chi connectivity index (χ0n) is 27.4. The maximum atomic E-state index is 13.8. The van der Waals surface area contributed by atoms with E-state index in [1.165, 1.54) is 6.08 Å². The van der Waals surface area contributed by atoms with E-state index in [0.717, 1.165) is 5.57 Å². The van der Waals surface area contributed by atoms with E-state index in [-0.39, 0.29) is 36.6 Å². The van der Waals surface area contributed by atoms with Crippen LogP contribution in [0.4, 0.5) is 0 Å². The molecule has 11 nitrogen and oxygen atoms in total. The zero-order chi connectivity index (χ0) is 33.4. The maximum Gasteiger partial charge on any atom is 0.348 e. The highest BCUT2D eigenvalue weighted by Crippen LogP contribution is 2.74. The van der Waals surface area contributed by atoms with Crippen LogP contribution >= 0.6 is 15.9 Å². The number of ketones is 1. The molecule has 2 aliphatic heterocycles. The van der Waals surface area contributed by atoms with Crippen LogP contribution in [-0.2, 0) is 38.1 Å². The van der Waals surface area contributed by atoms with Gasteiger partial charge >= 0.3 is 11.9 Å². The van der Waals surface area contributed by atoms with E-state index in [1.54, 1.807) is 6.92 Å². The standard InChI is InChI=1S/C33H49BrO11/c1-9-41-23(13-34)45-27-20(35)10-17(6)19-11-21-31-14-42-33(40,29(31)30(19,27)8)26(37)18(7)24(31)25(28(38)43-21)44-22(36)12-32(39,15(2)3)16(4)5/h10,15-16,18-19,21,23-27,29,37,39-40H,9,11-14H2,1-8H3/t18-,19+,21-,23?,24?,25?,26-,27-,29?,30-,31+,33-/m1/s1. The van der Waals surface area contributed by atoms with Crippen LogP contribution in [0, 0.1) is 46.3 Å². The number of hydrogen-bond acceptors (Lipinski definition) is 11. The molecule has 4 unspecified atom stereocenters. The Morgan fingerprint density at radius 1 is 1.22 bits per heavy atom. The van der Waals surface area contributed by atoms with Gasteiger partial charge in [-0.15, -0.1) is 0 Å². The molecule has 2 saturated carbocycles. The van der Waals surface area contributed by atoms with Crippen LogP contribution in [0.1, 0.15) is 68.2 Å². The lowest BCUT2D eigenvalue weighted by Crippen LogP contribution is -2.78. The summed E-state index contributed by atoms with van der Waals surface area (Å²) in [7, 11) is 0. The molecule has 1 spiro atoms. The van der Waals surface area contributed by atoms with Crippen LogP contribution in [-0.4, -0.2) is 93.7 Å². The molecule has 0 aromatic carbocycles. The van der Waals surface area contributed by atoms with Crippen molar-refractivity contribution >= 4 is 33.7 Å². The smallest absolute Gasteiger partial charge is 0.348 e. The van der Waals surface area contributed by atoms with Crippen LogP contribution in [0.2, 0.25) is 0 Å². The average molecular weight is 702 g/mol. The van der Waals surface area contributed by atoms with Gasteiger partial charge in [0.2, 0.25) is 6.10 Å². The number of fused-ring (bicyclic) bond motifs is 1. The van der Waals surface area contributed by atoms with Crippen molar-refractivity contribution in [2.75, 3.05) is 18.5 Å². The van der Waals surface area contributed by atoms with Crippen molar-refractivity contribution in [3.8, 4) is 0 Å². The second-order valence-corrected chi connectivity index (χ2v) is 15.4. The largest absolute Gasteiger partial charge is 0.459 e. The van der Waals surface area contributed by atoms with Crippen LogP contribution < -0.4 is 0 Å².